The Bertz CT molecular complexity index is 1390. The fourth-order valence-corrected chi connectivity index (χ4v) is 6.02. The summed E-state index contributed by atoms with van der Waals surface area (Å²) in [5.74, 6) is 0.585. The van der Waals surface area contributed by atoms with E-state index in [1.165, 1.54) is 12.4 Å². The number of aliphatic imine (C=N–C) groups is 1. The topological polar surface area (TPSA) is 117 Å². The van der Waals surface area contributed by atoms with Gasteiger partial charge in [-0.2, -0.15) is 0 Å². The van der Waals surface area contributed by atoms with Crippen molar-refractivity contribution < 1.29 is 18.8 Å². The highest BCUT2D eigenvalue weighted by atomic mass is 127. The summed E-state index contributed by atoms with van der Waals surface area (Å²) >= 11 is 2.27. The molecule has 0 radical (unpaired) electrons. The number of hydrogen-bond donors (Lipinski definition) is 0. The zero-order valence-electron chi connectivity index (χ0n) is 24.0. The number of halogens is 1. The van der Waals surface area contributed by atoms with E-state index in [9.17, 15) is 10.1 Å². The van der Waals surface area contributed by atoms with Gasteiger partial charge < -0.3 is 23.4 Å². The summed E-state index contributed by atoms with van der Waals surface area (Å²) in [6.07, 6.45) is 4.69. The first-order chi connectivity index (χ1) is 18.8. The van der Waals surface area contributed by atoms with Gasteiger partial charge in [-0.05, 0) is 46.8 Å². The molecule has 0 aliphatic carbocycles. The van der Waals surface area contributed by atoms with E-state index in [2.05, 4.69) is 71.4 Å². The molecule has 1 fully saturated rings. The van der Waals surface area contributed by atoms with Gasteiger partial charge in [0.05, 0.1) is 41.5 Å². The van der Waals surface area contributed by atoms with Crippen molar-refractivity contribution in [3.05, 3.63) is 56.0 Å². The average molecular weight is 681 g/mol. The van der Waals surface area contributed by atoms with Crippen molar-refractivity contribution in [1.82, 2.24) is 19.4 Å². The molecule has 1 aliphatic heterocycles. The van der Waals surface area contributed by atoms with Gasteiger partial charge in [-0.25, -0.2) is 15.0 Å². The van der Waals surface area contributed by atoms with Crippen LogP contribution in [0, 0.1) is 13.7 Å². The van der Waals surface area contributed by atoms with Crippen molar-refractivity contribution in [2.24, 2.45) is 4.99 Å². The molecule has 11 nitrogen and oxygen atoms in total. The number of nitrogens with zero attached hydrogens (tertiary/aromatic N) is 6. The summed E-state index contributed by atoms with van der Waals surface area (Å²) in [7, 11) is 1.75. The number of nitro benzene ring substituents is 1. The fourth-order valence-electron chi connectivity index (χ4n) is 4.22. The van der Waals surface area contributed by atoms with Crippen molar-refractivity contribution in [2.45, 2.75) is 70.4 Å². The molecule has 13 heteroatoms. The van der Waals surface area contributed by atoms with E-state index >= 15 is 0 Å². The Kier molecular flexibility index (Phi) is 9.29. The summed E-state index contributed by atoms with van der Waals surface area (Å²) in [5.41, 5.74) is 1.29. The maximum atomic E-state index is 11.5. The quantitative estimate of drug-likeness (QED) is 0.0634. The number of nitro groups is 1. The number of rotatable bonds is 10. The molecule has 2 aromatic heterocycles. The zero-order chi connectivity index (χ0) is 29.2. The van der Waals surface area contributed by atoms with Gasteiger partial charge in [0.25, 0.3) is 5.69 Å². The molecule has 0 bridgehead atoms. The van der Waals surface area contributed by atoms with Crippen molar-refractivity contribution >= 4 is 59.8 Å². The van der Waals surface area contributed by atoms with E-state index in [1.54, 1.807) is 24.5 Å². The van der Waals surface area contributed by atoms with Crippen LogP contribution >= 0.6 is 22.6 Å². The van der Waals surface area contributed by atoms with Gasteiger partial charge in [0.15, 0.2) is 14.1 Å². The molecule has 1 aromatic carbocycles. The van der Waals surface area contributed by atoms with Crippen LogP contribution in [0.4, 0.5) is 11.5 Å². The summed E-state index contributed by atoms with van der Waals surface area (Å²) < 4.78 is 22.4. The van der Waals surface area contributed by atoms with Gasteiger partial charge in [-0.15, -0.1) is 0 Å². The number of aromatic nitrogens is 3. The highest BCUT2D eigenvalue weighted by Gasteiger charge is 2.42. The van der Waals surface area contributed by atoms with Crippen LogP contribution in [-0.4, -0.2) is 71.9 Å². The van der Waals surface area contributed by atoms with Gasteiger partial charge in [0, 0.05) is 36.3 Å². The van der Waals surface area contributed by atoms with Crippen LogP contribution in [0.1, 0.15) is 39.0 Å². The molecule has 216 valence electrons. The minimum absolute atomic E-state index is 0.0408. The molecule has 3 aromatic rings. The molecule has 40 heavy (non-hydrogen) atoms. The monoisotopic (exact) mass is 680 g/mol. The number of benzene rings is 1. The molecule has 1 saturated heterocycles. The Balaban J connectivity index is 1.62. The molecule has 0 amide bonds. The van der Waals surface area contributed by atoms with Gasteiger partial charge in [0.2, 0.25) is 0 Å². The van der Waals surface area contributed by atoms with Gasteiger partial charge in [-0.1, -0.05) is 32.9 Å². The van der Waals surface area contributed by atoms with E-state index in [4.69, 9.17) is 13.9 Å². The van der Waals surface area contributed by atoms with E-state index in [-0.39, 0.29) is 40.7 Å². The molecule has 3 atom stereocenters. The van der Waals surface area contributed by atoms with Crippen LogP contribution in [0.2, 0.25) is 18.1 Å². The van der Waals surface area contributed by atoms with Crippen LogP contribution in [0.15, 0.2) is 41.8 Å². The maximum absolute atomic E-state index is 11.5. The molecule has 1 aliphatic rings. The molecule has 3 heterocycles. The molecule has 0 saturated carbocycles. The largest absolute Gasteiger partial charge is 0.414 e. The van der Waals surface area contributed by atoms with Crippen LogP contribution in [0.5, 0.6) is 0 Å². The fraction of sp³-hybridized carbons (Fsp3) is 0.519. The van der Waals surface area contributed by atoms with Crippen LogP contribution < -0.4 is 0 Å². The minimum Gasteiger partial charge on any atom is -0.414 e. The predicted molar refractivity (Wildman–Crippen MR) is 165 cm³/mol. The standard InChI is InChI=1S/C27H37IN6O5Si/c1-27(2,3)40(6,7)38-15-22-21(37-14-18-10-8-9-11-20(18)34(35)36)12-23(39-22)33-13-19(28)24-25(31-17-32(4)5)29-16-30-26(24)33/h8-11,13,16-17,21-23H,12,14-15H2,1-7H3/t21?,22-,23-/m1/s1. The minimum atomic E-state index is -2.05. The van der Waals surface area contributed by atoms with Crippen LogP contribution in [0.3, 0.4) is 0 Å². The van der Waals surface area contributed by atoms with Crippen molar-refractivity contribution in [1.29, 1.82) is 0 Å². The Morgan fingerprint density at radius 3 is 2.70 bits per heavy atom. The van der Waals surface area contributed by atoms with E-state index in [0.29, 0.717) is 24.4 Å². The second kappa shape index (κ2) is 12.2. The zero-order valence-corrected chi connectivity index (χ0v) is 27.2. The third-order valence-electron chi connectivity index (χ3n) is 7.50. The first-order valence-electron chi connectivity index (χ1n) is 13.1. The molecule has 4 rings (SSSR count). The van der Waals surface area contributed by atoms with Gasteiger partial charge in [-0.3, -0.25) is 10.1 Å². The predicted octanol–water partition coefficient (Wildman–Crippen LogP) is 6.06. The second-order valence-corrected chi connectivity index (χ2v) is 17.6. The SMILES string of the molecule is CN(C)C=Nc1ncnc2c1c(I)cn2[C@H]1CC(OCc2ccccc2[N+](=O)[O-])[C@@H](CO[Si](C)(C)C(C)(C)C)O1. The van der Waals surface area contributed by atoms with Crippen molar-refractivity contribution in [2.75, 3.05) is 20.7 Å². The lowest BCUT2D eigenvalue weighted by atomic mass is 10.1. The summed E-state index contributed by atoms with van der Waals surface area (Å²) in [4.78, 5) is 26.5. The summed E-state index contributed by atoms with van der Waals surface area (Å²) in [6.45, 7) is 11.5. The van der Waals surface area contributed by atoms with Crippen molar-refractivity contribution in [3.63, 3.8) is 0 Å². The normalized spacial score (nSPS) is 20.1. The first-order valence-corrected chi connectivity index (χ1v) is 17.1. The lowest BCUT2D eigenvalue weighted by Crippen LogP contribution is -2.44. The maximum Gasteiger partial charge on any atom is 0.274 e. The Morgan fingerprint density at radius 1 is 1.30 bits per heavy atom. The van der Waals surface area contributed by atoms with Crippen molar-refractivity contribution in [3.8, 4) is 0 Å². The summed E-state index contributed by atoms with van der Waals surface area (Å²) in [5, 5.41) is 12.4. The van der Waals surface area contributed by atoms with E-state index in [0.717, 1.165) is 14.6 Å². The number of ether oxygens (including phenoxy) is 2. The Hall–Kier alpha value is -2.46. The summed E-state index contributed by atoms with van der Waals surface area (Å²) in [6, 6.07) is 6.65. The van der Waals surface area contributed by atoms with Gasteiger partial charge in [0.1, 0.15) is 24.3 Å². The van der Waals surface area contributed by atoms with E-state index < -0.39 is 8.32 Å². The Morgan fingerprint density at radius 2 is 2.02 bits per heavy atom. The second-order valence-electron chi connectivity index (χ2n) is 11.7. The van der Waals surface area contributed by atoms with Gasteiger partial charge >= 0.3 is 0 Å². The molecule has 0 N–H and O–H groups in total. The molecular weight excluding hydrogens is 643 g/mol. The lowest BCUT2D eigenvalue weighted by Gasteiger charge is -2.37. The highest BCUT2D eigenvalue weighted by Crippen LogP contribution is 2.40. The number of para-hydroxylation sites is 1. The highest BCUT2D eigenvalue weighted by molar-refractivity contribution is 14.1. The third-order valence-corrected chi connectivity index (χ3v) is 12.8. The number of hydrogen-bond acceptors (Lipinski definition) is 8. The molecule has 1 unspecified atom stereocenters. The Labute approximate surface area is 249 Å². The smallest absolute Gasteiger partial charge is 0.274 e. The molecular formula is C27H37IN6O5Si. The molecule has 0 spiro atoms. The first kappa shape index (κ1) is 30.5. The lowest BCUT2D eigenvalue weighted by molar-refractivity contribution is -0.386. The van der Waals surface area contributed by atoms with Crippen LogP contribution in [-0.2, 0) is 20.5 Å². The van der Waals surface area contributed by atoms with Crippen LogP contribution in [0.25, 0.3) is 11.0 Å². The average Bonchev–Trinajstić information content (AvgIpc) is 3.45. The third kappa shape index (κ3) is 6.70. The van der Waals surface area contributed by atoms with E-state index in [1.807, 2.05) is 29.8 Å². The number of fused-ring (bicyclic) bond motifs is 1.